The van der Waals surface area contributed by atoms with E-state index in [4.69, 9.17) is 17.2 Å². The molecule has 0 amide bonds. The van der Waals surface area contributed by atoms with E-state index < -0.39 is 18.6 Å². The first-order valence-corrected chi connectivity index (χ1v) is 23.8. The van der Waals surface area contributed by atoms with Crippen LogP contribution in [0.25, 0.3) is 43.8 Å². The van der Waals surface area contributed by atoms with E-state index in [9.17, 15) is 0 Å². The van der Waals surface area contributed by atoms with E-state index in [2.05, 4.69) is 133 Å². The van der Waals surface area contributed by atoms with Crippen molar-refractivity contribution < 1.29 is 18.6 Å². The zero-order chi connectivity index (χ0) is 26.2. The van der Waals surface area contributed by atoms with Crippen LogP contribution in [0.2, 0.25) is 0 Å². The topological polar surface area (TPSA) is 0 Å². The van der Waals surface area contributed by atoms with Crippen molar-refractivity contribution in [1.82, 2.24) is 0 Å². The standard InChI is InChI=1S/2C15H11.C5H8.2ClH.Hf/c2*1-2-6-12(7-3-1)14-10-4-8-13-9-5-11-15(13)14;1-2-4-5-3-1;;;/h2*1-11H;1-4H2;2*1H;/q2*-1;;;;+2/p-2. The molecule has 7 rings (SSSR count). The predicted octanol–water partition coefficient (Wildman–Crippen LogP) is 11.1. The third kappa shape index (κ3) is 6.70. The molecule has 190 valence electrons. The number of fused-ring (bicyclic) bond motifs is 2. The molecule has 0 atom stereocenters. The van der Waals surface area contributed by atoms with Gasteiger partial charge in [-0.2, -0.15) is 24.3 Å². The third-order valence-corrected chi connectivity index (χ3v) is 15.1. The Morgan fingerprint density at radius 1 is 0.500 bits per heavy atom. The van der Waals surface area contributed by atoms with E-state index in [1.54, 1.807) is 3.26 Å². The number of benzene rings is 4. The first kappa shape index (κ1) is 27.0. The van der Waals surface area contributed by atoms with Crippen LogP contribution in [0.3, 0.4) is 0 Å². The molecule has 0 N–H and O–H groups in total. The molecule has 0 aliphatic heterocycles. The maximum absolute atomic E-state index is 5.83. The maximum Gasteiger partial charge on any atom is -0.0279 e. The van der Waals surface area contributed by atoms with Gasteiger partial charge in [0.25, 0.3) is 0 Å². The average molecular weight is 700 g/mol. The van der Waals surface area contributed by atoms with Crippen LogP contribution in [-0.2, 0) is 18.6 Å². The van der Waals surface area contributed by atoms with E-state index in [0.29, 0.717) is 0 Å². The smallest absolute Gasteiger partial charge is 0.0279 e. The van der Waals surface area contributed by atoms with Crippen LogP contribution < -0.4 is 0 Å². The summed E-state index contributed by atoms with van der Waals surface area (Å²) in [4.78, 5) is 0. The van der Waals surface area contributed by atoms with Crippen LogP contribution in [0.1, 0.15) is 25.7 Å². The average Bonchev–Trinajstić information content (AvgIpc) is 3.76. The summed E-state index contributed by atoms with van der Waals surface area (Å²) in [6.45, 7) is 0. The SMILES string of the molecule is [Cl][Hf]([Cl])=[C]1CCCC1.c1ccc(-c2cccc3[cH-]ccc23)cc1.c1ccc(-c2cccc3[cH-]ccc23)cc1. The van der Waals surface area contributed by atoms with Gasteiger partial charge in [-0.15, -0.1) is 57.9 Å². The number of hydrogen-bond acceptors (Lipinski definition) is 0. The fourth-order valence-corrected chi connectivity index (χ4v) is 10.8. The Labute approximate surface area is 240 Å². The molecular formula is C35H30Cl2Hf-2. The molecule has 0 saturated heterocycles. The van der Waals surface area contributed by atoms with Gasteiger partial charge in [-0.05, 0) is 11.1 Å². The van der Waals surface area contributed by atoms with E-state index >= 15 is 0 Å². The molecule has 0 bridgehead atoms. The Bertz CT molecular complexity index is 1500. The van der Waals surface area contributed by atoms with Crippen LogP contribution >= 0.6 is 17.2 Å². The van der Waals surface area contributed by atoms with Gasteiger partial charge in [0.15, 0.2) is 0 Å². The van der Waals surface area contributed by atoms with E-state index in [1.165, 1.54) is 69.5 Å². The molecule has 1 saturated carbocycles. The molecule has 3 heteroatoms. The quantitative estimate of drug-likeness (QED) is 0.125. The van der Waals surface area contributed by atoms with Gasteiger partial charge in [0.2, 0.25) is 0 Å². The van der Waals surface area contributed by atoms with Crippen LogP contribution in [-0.4, -0.2) is 3.26 Å². The number of hydrogen-bond donors (Lipinski definition) is 0. The first-order chi connectivity index (χ1) is 18.7. The molecule has 0 aromatic heterocycles. The summed E-state index contributed by atoms with van der Waals surface area (Å²) in [6.07, 6.45) is 5.16. The predicted molar refractivity (Wildman–Crippen MR) is 165 cm³/mol. The molecule has 6 aromatic carbocycles. The minimum Gasteiger partial charge on any atom is -0.168 e. The van der Waals surface area contributed by atoms with Gasteiger partial charge in [0.1, 0.15) is 0 Å². The minimum atomic E-state index is -1.98. The zero-order valence-electron chi connectivity index (χ0n) is 21.3. The summed E-state index contributed by atoms with van der Waals surface area (Å²) in [6, 6.07) is 46.8. The Morgan fingerprint density at radius 3 is 1.34 bits per heavy atom. The van der Waals surface area contributed by atoms with Crippen molar-refractivity contribution in [3.8, 4) is 22.3 Å². The molecule has 0 radical (unpaired) electrons. The summed E-state index contributed by atoms with van der Waals surface area (Å²) in [5, 5.41) is 5.31. The Balaban J connectivity index is 0.000000122. The number of rotatable bonds is 2. The molecule has 0 unspecified atom stereocenters. The fraction of sp³-hybridized carbons (Fsp3) is 0.114. The van der Waals surface area contributed by atoms with Crippen molar-refractivity contribution in [3.05, 3.63) is 133 Å². The fourth-order valence-electron chi connectivity index (χ4n) is 5.05. The number of halogens is 2. The van der Waals surface area contributed by atoms with Gasteiger partial charge in [-0.3, -0.25) is 0 Å². The molecule has 0 heterocycles. The second-order valence-electron chi connectivity index (χ2n) is 9.47. The Hall–Kier alpha value is -2.58. The van der Waals surface area contributed by atoms with Crippen LogP contribution in [0.15, 0.2) is 133 Å². The van der Waals surface area contributed by atoms with Crippen molar-refractivity contribution in [2.45, 2.75) is 25.7 Å². The van der Waals surface area contributed by atoms with Gasteiger partial charge in [0, 0.05) is 0 Å². The van der Waals surface area contributed by atoms with Gasteiger partial charge < -0.3 is 0 Å². The van der Waals surface area contributed by atoms with Crippen LogP contribution in [0.4, 0.5) is 0 Å². The van der Waals surface area contributed by atoms with Crippen molar-refractivity contribution in [1.29, 1.82) is 0 Å². The van der Waals surface area contributed by atoms with Crippen molar-refractivity contribution in [2.24, 2.45) is 0 Å². The second kappa shape index (κ2) is 13.5. The van der Waals surface area contributed by atoms with Crippen LogP contribution in [0.5, 0.6) is 0 Å². The molecule has 1 aliphatic carbocycles. The molecular weight excluding hydrogens is 670 g/mol. The monoisotopic (exact) mass is 700 g/mol. The van der Waals surface area contributed by atoms with Crippen molar-refractivity contribution in [2.75, 3.05) is 0 Å². The molecule has 1 aliphatic rings. The summed E-state index contributed by atoms with van der Waals surface area (Å²) >= 11 is -1.98. The molecule has 0 spiro atoms. The normalized spacial score (nSPS) is 12.5. The molecule has 6 aromatic rings. The van der Waals surface area contributed by atoms with Gasteiger partial charge in [0.05, 0.1) is 0 Å². The van der Waals surface area contributed by atoms with E-state index in [-0.39, 0.29) is 0 Å². The van der Waals surface area contributed by atoms with E-state index in [0.717, 1.165) is 0 Å². The van der Waals surface area contributed by atoms with Crippen molar-refractivity contribution in [3.63, 3.8) is 0 Å². The van der Waals surface area contributed by atoms with E-state index in [1.807, 2.05) is 0 Å². The largest absolute Gasteiger partial charge is 0.168 e. The van der Waals surface area contributed by atoms with Gasteiger partial charge >= 0.3 is 64.7 Å². The Morgan fingerprint density at radius 2 is 0.947 bits per heavy atom. The summed E-state index contributed by atoms with van der Waals surface area (Å²) in [7, 11) is 11.7. The Kier molecular flexibility index (Phi) is 9.57. The van der Waals surface area contributed by atoms with Crippen molar-refractivity contribution >= 4 is 42.0 Å². The summed E-state index contributed by atoms with van der Waals surface area (Å²) < 4.78 is 1.54. The first-order valence-electron chi connectivity index (χ1n) is 13.1. The summed E-state index contributed by atoms with van der Waals surface area (Å²) in [5.74, 6) is 0. The maximum atomic E-state index is 5.83. The van der Waals surface area contributed by atoms with Crippen LogP contribution in [0, 0.1) is 0 Å². The minimum absolute atomic E-state index is 1.25. The molecule has 0 nitrogen and oxygen atoms in total. The zero-order valence-corrected chi connectivity index (χ0v) is 26.4. The molecule has 38 heavy (non-hydrogen) atoms. The van der Waals surface area contributed by atoms with Gasteiger partial charge in [-0.25, -0.2) is 0 Å². The van der Waals surface area contributed by atoms with Gasteiger partial charge in [-0.1, -0.05) is 83.9 Å². The summed E-state index contributed by atoms with van der Waals surface area (Å²) in [5.41, 5.74) is 5.21. The second-order valence-corrected chi connectivity index (χ2v) is 21.7. The molecule has 1 fully saturated rings. The third-order valence-electron chi connectivity index (χ3n) is 7.00.